The summed E-state index contributed by atoms with van der Waals surface area (Å²) in [7, 11) is 0. The van der Waals surface area contributed by atoms with Gasteiger partial charge in [-0.25, -0.2) is 0 Å². The van der Waals surface area contributed by atoms with Gasteiger partial charge in [0, 0.05) is 24.2 Å². The molecule has 2 heteroatoms. The summed E-state index contributed by atoms with van der Waals surface area (Å²) >= 11 is 0. The third kappa shape index (κ3) is 3.33. The van der Waals surface area contributed by atoms with Crippen molar-refractivity contribution in [1.29, 1.82) is 0 Å². The summed E-state index contributed by atoms with van der Waals surface area (Å²) in [6.45, 7) is 3.70. The Labute approximate surface area is 119 Å². The van der Waals surface area contributed by atoms with Crippen LogP contribution in [0.15, 0.2) is 0 Å². The van der Waals surface area contributed by atoms with Gasteiger partial charge in [0.2, 0.25) is 0 Å². The summed E-state index contributed by atoms with van der Waals surface area (Å²) in [5.41, 5.74) is 0. The highest BCUT2D eigenvalue weighted by atomic mass is 15.2. The molecule has 19 heavy (non-hydrogen) atoms. The van der Waals surface area contributed by atoms with E-state index < -0.39 is 0 Å². The van der Waals surface area contributed by atoms with E-state index in [0.29, 0.717) is 0 Å². The molecular weight excluding hydrogens is 232 g/mol. The van der Waals surface area contributed by atoms with Crippen molar-refractivity contribution in [1.82, 2.24) is 10.2 Å². The van der Waals surface area contributed by atoms with Crippen LogP contribution >= 0.6 is 0 Å². The van der Waals surface area contributed by atoms with Gasteiger partial charge >= 0.3 is 0 Å². The van der Waals surface area contributed by atoms with Crippen LogP contribution < -0.4 is 5.32 Å². The fourth-order valence-corrected chi connectivity index (χ4v) is 4.81. The van der Waals surface area contributed by atoms with E-state index in [1.807, 2.05) is 0 Å². The van der Waals surface area contributed by atoms with Gasteiger partial charge in [-0.1, -0.05) is 32.6 Å². The van der Waals surface area contributed by atoms with Crippen LogP contribution in [0.5, 0.6) is 0 Å². The molecule has 0 amide bonds. The monoisotopic (exact) mass is 264 g/mol. The maximum Gasteiger partial charge on any atom is 0.0128 e. The van der Waals surface area contributed by atoms with Gasteiger partial charge in [-0.2, -0.15) is 0 Å². The minimum absolute atomic E-state index is 0.842. The molecule has 0 aromatic heterocycles. The average molecular weight is 264 g/mol. The van der Waals surface area contributed by atoms with E-state index in [-0.39, 0.29) is 0 Å². The molecule has 3 fully saturated rings. The summed E-state index contributed by atoms with van der Waals surface area (Å²) in [6, 6.07) is 3.48. The van der Waals surface area contributed by atoms with Crippen molar-refractivity contribution in [3.8, 4) is 0 Å². The van der Waals surface area contributed by atoms with Crippen LogP contribution in [0, 0.1) is 0 Å². The second-order valence-corrected chi connectivity index (χ2v) is 7.15. The van der Waals surface area contributed by atoms with E-state index in [1.165, 1.54) is 77.2 Å². The minimum atomic E-state index is 0.842. The SMILES string of the molecule is CCCN(C1CCCCCC1)C1CC2CCC(C1)N2. The van der Waals surface area contributed by atoms with Crippen LogP contribution in [0.1, 0.15) is 77.6 Å². The van der Waals surface area contributed by atoms with Crippen molar-refractivity contribution in [2.45, 2.75) is 102 Å². The zero-order valence-electron chi connectivity index (χ0n) is 12.7. The third-order valence-electron chi connectivity index (χ3n) is 5.69. The van der Waals surface area contributed by atoms with Crippen LogP contribution in [0.3, 0.4) is 0 Å². The number of hydrogen-bond donors (Lipinski definition) is 1. The van der Waals surface area contributed by atoms with Gasteiger partial charge in [0.25, 0.3) is 0 Å². The van der Waals surface area contributed by atoms with Gasteiger partial charge in [0.15, 0.2) is 0 Å². The highest BCUT2D eigenvalue weighted by Gasteiger charge is 2.37. The van der Waals surface area contributed by atoms with E-state index in [2.05, 4.69) is 17.1 Å². The first-order chi connectivity index (χ1) is 9.36. The van der Waals surface area contributed by atoms with Crippen LogP contribution in [0.25, 0.3) is 0 Å². The van der Waals surface area contributed by atoms with Gasteiger partial charge < -0.3 is 5.32 Å². The number of rotatable bonds is 4. The number of fused-ring (bicyclic) bond motifs is 2. The van der Waals surface area contributed by atoms with Gasteiger partial charge in [-0.15, -0.1) is 0 Å². The molecule has 2 atom stereocenters. The molecule has 2 aliphatic heterocycles. The fourth-order valence-electron chi connectivity index (χ4n) is 4.81. The molecule has 2 unspecified atom stereocenters. The third-order valence-corrected chi connectivity index (χ3v) is 5.69. The zero-order valence-corrected chi connectivity index (χ0v) is 12.7. The first-order valence-electron chi connectivity index (χ1n) is 8.88. The van der Waals surface area contributed by atoms with E-state index in [9.17, 15) is 0 Å². The summed E-state index contributed by atoms with van der Waals surface area (Å²) in [5.74, 6) is 0. The van der Waals surface area contributed by atoms with Gasteiger partial charge in [-0.05, 0) is 51.5 Å². The molecule has 0 aromatic rings. The van der Waals surface area contributed by atoms with Crippen LogP contribution in [-0.4, -0.2) is 35.6 Å². The van der Waals surface area contributed by atoms with E-state index >= 15 is 0 Å². The quantitative estimate of drug-likeness (QED) is 0.779. The predicted molar refractivity (Wildman–Crippen MR) is 81.5 cm³/mol. The second kappa shape index (κ2) is 6.58. The van der Waals surface area contributed by atoms with Crippen molar-refractivity contribution in [2.24, 2.45) is 0 Å². The normalized spacial score (nSPS) is 36.6. The Morgan fingerprint density at radius 3 is 2.05 bits per heavy atom. The Bertz CT molecular complexity index is 258. The first-order valence-corrected chi connectivity index (χ1v) is 8.88. The van der Waals surface area contributed by atoms with Gasteiger partial charge in [-0.3, -0.25) is 4.90 Å². The van der Waals surface area contributed by atoms with E-state index in [4.69, 9.17) is 0 Å². The lowest BCUT2D eigenvalue weighted by Gasteiger charge is -2.42. The molecule has 2 saturated heterocycles. The Morgan fingerprint density at radius 2 is 1.47 bits per heavy atom. The molecule has 2 heterocycles. The molecule has 2 nitrogen and oxygen atoms in total. The number of piperidine rings is 1. The highest BCUT2D eigenvalue weighted by molar-refractivity contribution is 4.97. The lowest BCUT2D eigenvalue weighted by Crippen LogP contribution is -2.51. The smallest absolute Gasteiger partial charge is 0.0128 e. The number of nitrogens with zero attached hydrogens (tertiary/aromatic N) is 1. The zero-order chi connectivity index (χ0) is 13.1. The standard InChI is InChI=1S/C17H32N2/c1-2-11-19(16-7-5-3-4-6-8-16)17-12-14-9-10-15(13-17)18-14/h14-18H,2-13H2,1H3. The van der Waals surface area contributed by atoms with Crippen molar-refractivity contribution >= 4 is 0 Å². The highest BCUT2D eigenvalue weighted by Crippen LogP contribution is 2.33. The average Bonchev–Trinajstić information content (AvgIpc) is 2.66. The summed E-state index contributed by atoms with van der Waals surface area (Å²) in [5, 5.41) is 3.81. The molecular formula is C17H32N2. The van der Waals surface area contributed by atoms with Gasteiger partial charge in [0.05, 0.1) is 0 Å². The molecule has 110 valence electrons. The molecule has 2 bridgehead atoms. The predicted octanol–water partition coefficient (Wildman–Crippen LogP) is 3.70. The van der Waals surface area contributed by atoms with Crippen LogP contribution in [0.2, 0.25) is 0 Å². The molecule has 0 radical (unpaired) electrons. The molecule has 1 N–H and O–H groups in total. The lowest BCUT2D eigenvalue weighted by atomic mass is 9.94. The van der Waals surface area contributed by atoms with Crippen molar-refractivity contribution in [2.75, 3.05) is 6.54 Å². The molecule has 3 aliphatic rings. The van der Waals surface area contributed by atoms with Crippen molar-refractivity contribution in [3.63, 3.8) is 0 Å². The summed E-state index contributed by atoms with van der Waals surface area (Å²) in [6.07, 6.45) is 15.9. The Morgan fingerprint density at radius 1 is 0.842 bits per heavy atom. The Balaban J connectivity index is 1.65. The fraction of sp³-hybridized carbons (Fsp3) is 1.00. The van der Waals surface area contributed by atoms with Crippen LogP contribution in [0.4, 0.5) is 0 Å². The second-order valence-electron chi connectivity index (χ2n) is 7.15. The molecule has 1 saturated carbocycles. The number of nitrogens with one attached hydrogen (secondary N) is 1. The molecule has 0 spiro atoms. The molecule has 3 rings (SSSR count). The van der Waals surface area contributed by atoms with Crippen molar-refractivity contribution < 1.29 is 0 Å². The summed E-state index contributed by atoms with van der Waals surface area (Å²) < 4.78 is 0. The van der Waals surface area contributed by atoms with E-state index in [1.54, 1.807) is 0 Å². The lowest BCUT2D eigenvalue weighted by molar-refractivity contribution is 0.0848. The Hall–Kier alpha value is -0.0800. The molecule has 1 aliphatic carbocycles. The van der Waals surface area contributed by atoms with Crippen molar-refractivity contribution in [3.05, 3.63) is 0 Å². The van der Waals surface area contributed by atoms with Gasteiger partial charge in [0.1, 0.15) is 0 Å². The number of hydrogen-bond acceptors (Lipinski definition) is 2. The Kier molecular flexibility index (Phi) is 4.81. The molecule has 0 aromatic carbocycles. The van der Waals surface area contributed by atoms with Crippen LogP contribution in [-0.2, 0) is 0 Å². The van der Waals surface area contributed by atoms with E-state index in [0.717, 1.165) is 24.2 Å². The maximum absolute atomic E-state index is 3.81. The largest absolute Gasteiger partial charge is 0.311 e. The topological polar surface area (TPSA) is 15.3 Å². The summed E-state index contributed by atoms with van der Waals surface area (Å²) in [4.78, 5) is 2.94. The first kappa shape index (κ1) is 13.9. The minimum Gasteiger partial charge on any atom is -0.311 e. The maximum atomic E-state index is 3.81.